The van der Waals surface area contributed by atoms with Gasteiger partial charge in [-0.3, -0.25) is 6.58 Å². The molecule has 0 aliphatic carbocycles. The fourth-order valence-corrected chi connectivity index (χ4v) is 0. The quantitative estimate of drug-likeness (QED) is 0.318. The molecule has 0 amide bonds. The molecule has 0 saturated heterocycles. The molecule has 0 aliphatic heterocycles. The van der Waals surface area contributed by atoms with Crippen LogP contribution < -0.4 is 0 Å². The van der Waals surface area contributed by atoms with E-state index in [9.17, 15) is 0 Å². The smallest absolute Gasteiger partial charge is 0.693 e. The molecule has 1 nitrogen and oxygen atoms in total. The molecule has 0 aromatic heterocycles. The molecule has 0 atom stereocenters. The van der Waals surface area contributed by atoms with Gasteiger partial charge in [0.15, 0.2) is 0 Å². The number of nitrogens with two attached hydrogens (primary N) is 1. The molecular weight excluding hydrogens is 85.9 g/mol. The summed E-state index contributed by atoms with van der Waals surface area (Å²) < 4.78 is 0. The molecule has 2 heteroatoms. The van der Waals surface area contributed by atoms with Gasteiger partial charge in [-0.25, -0.2) is 0 Å². The summed E-state index contributed by atoms with van der Waals surface area (Å²) in [6, 6.07) is 0. The third-order valence-electron chi connectivity index (χ3n) is 0. The van der Waals surface area contributed by atoms with E-state index in [1.54, 1.807) is 0 Å². The average Bonchev–Trinajstić information content (AvgIpc) is 1.00. The minimum absolute atomic E-state index is 0. The Balaban J connectivity index is -0.00000000500. The van der Waals surface area contributed by atoms with Gasteiger partial charge in [0.1, 0.15) is 0 Å². The molecule has 0 rings (SSSR count). The first kappa shape index (κ1) is 25.7. The van der Waals surface area contributed by atoms with Crippen LogP contribution in [0.25, 0.3) is 6.15 Å². The van der Waals surface area contributed by atoms with E-state index in [4.69, 9.17) is 0 Å². The number of hydrogen-bond donors (Lipinski definition) is 0. The summed E-state index contributed by atoms with van der Waals surface area (Å²) in [4.78, 5) is 0. The Morgan fingerprint density at radius 3 is 1.25 bits per heavy atom. The fourth-order valence-electron chi connectivity index (χ4n) is 0. The van der Waals surface area contributed by atoms with Crippen LogP contribution in [0.2, 0.25) is 0 Å². The van der Waals surface area contributed by atoms with Crippen molar-refractivity contribution in [3.8, 4) is 0 Å². The van der Waals surface area contributed by atoms with Gasteiger partial charge in [0.2, 0.25) is 0 Å². The van der Waals surface area contributed by atoms with Crippen LogP contribution in [0.5, 0.6) is 0 Å². The predicted molar refractivity (Wildman–Crippen MR) is 15.2 cm³/mol. The van der Waals surface area contributed by atoms with Crippen LogP contribution in [0.4, 0.5) is 0 Å². The van der Waals surface area contributed by atoms with Crippen molar-refractivity contribution in [2.75, 3.05) is 0 Å². The Kier molecular flexibility index (Phi) is 746. The van der Waals surface area contributed by atoms with Crippen LogP contribution in [0.15, 0.2) is 6.58 Å². The summed E-state index contributed by atoms with van der Waals surface area (Å²) >= 11 is 0. The first-order valence-corrected chi connectivity index (χ1v) is 0.408. The Hall–Kier alpha value is 0.414. The van der Waals surface area contributed by atoms with Crippen LogP contribution in [0.1, 0.15) is 0 Å². The minimum atomic E-state index is 0. The summed E-state index contributed by atoms with van der Waals surface area (Å²) in [7, 11) is 0. The average molecular weight is 90.9 g/mol. The first-order chi connectivity index (χ1) is 1.00. The number of hydrogen-bond acceptors (Lipinski definition) is 0. The molecule has 0 heterocycles. The van der Waals surface area contributed by atoms with Crippen molar-refractivity contribution in [3.63, 3.8) is 0 Å². The van der Waals surface area contributed by atoms with Crippen molar-refractivity contribution < 1.29 is 21.7 Å². The van der Waals surface area contributed by atoms with Gasteiger partial charge >= 0.3 is 21.7 Å². The molecule has 0 aromatic rings. The zero-order chi connectivity index (χ0) is 2.00. The van der Waals surface area contributed by atoms with Crippen LogP contribution >= 0.6 is 0 Å². The number of rotatable bonds is 0. The van der Waals surface area contributed by atoms with E-state index in [1.165, 1.54) is 0 Å². The predicted octanol–water partition coefficient (Wildman–Crippen LogP) is 1.32. The maximum atomic E-state index is 4.25. The standard InChI is InChI=1S/C2H3.H2N.Ti/c1-2;;/h1H,2H2;1H2;/q2*-1;+2. The van der Waals surface area contributed by atoms with E-state index >= 15 is 0 Å². The molecule has 0 saturated carbocycles. The molecule has 4 heavy (non-hydrogen) atoms. The van der Waals surface area contributed by atoms with Gasteiger partial charge in [-0.2, -0.15) is 0 Å². The molecular formula is C2H5NTi. The van der Waals surface area contributed by atoms with Crippen molar-refractivity contribution in [3.05, 3.63) is 19.3 Å². The molecule has 2 N–H and O–H groups in total. The maximum absolute atomic E-state index is 4.25. The van der Waals surface area contributed by atoms with E-state index in [-0.39, 0.29) is 27.9 Å². The molecule has 0 bridgehead atoms. The van der Waals surface area contributed by atoms with Crippen molar-refractivity contribution in [1.29, 1.82) is 0 Å². The summed E-state index contributed by atoms with van der Waals surface area (Å²) in [5.74, 6) is 0. The summed E-state index contributed by atoms with van der Waals surface area (Å²) in [6.07, 6.45) is 0. The van der Waals surface area contributed by atoms with Crippen LogP contribution in [-0.2, 0) is 21.7 Å². The van der Waals surface area contributed by atoms with E-state index in [1.807, 2.05) is 0 Å². The van der Waals surface area contributed by atoms with Gasteiger partial charge in [-0.1, -0.05) is 0 Å². The van der Waals surface area contributed by atoms with Gasteiger partial charge in [0.05, 0.1) is 0 Å². The van der Waals surface area contributed by atoms with Crippen LogP contribution in [0.3, 0.4) is 0 Å². The minimum Gasteiger partial charge on any atom is -0.693 e. The second kappa shape index (κ2) is 116. The normalized spacial score (nSPS) is 1.00. The summed E-state index contributed by atoms with van der Waals surface area (Å²) in [5, 5.41) is 0. The fraction of sp³-hybridized carbons (Fsp3) is 0. The van der Waals surface area contributed by atoms with Crippen molar-refractivity contribution in [2.45, 2.75) is 0 Å². The van der Waals surface area contributed by atoms with Crippen molar-refractivity contribution >= 4 is 0 Å². The van der Waals surface area contributed by atoms with E-state index in [0.29, 0.717) is 0 Å². The summed E-state index contributed by atoms with van der Waals surface area (Å²) in [6.45, 7) is 7.00. The monoisotopic (exact) mass is 91.0 g/mol. The van der Waals surface area contributed by atoms with E-state index in [2.05, 4.69) is 13.2 Å². The van der Waals surface area contributed by atoms with Crippen LogP contribution in [-0.4, -0.2) is 0 Å². The van der Waals surface area contributed by atoms with Gasteiger partial charge in [0.25, 0.3) is 0 Å². The Bertz CT molecular complexity index is 6.00. The van der Waals surface area contributed by atoms with E-state index < -0.39 is 0 Å². The second-order valence-corrected chi connectivity index (χ2v) is 0. The largest absolute Gasteiger partial charge is 2.00 e. The van der Waals surface area contributed by atoms with Gasteiger partial charge < -0.3 is 12.7 Å². The van der Waals surface area contributed by atoms with E-state index in [0.717, 1.165) is 0 Å². The molecule has 22 valence electrons. The second-order valence-electron chi connectivity index (χ2n) is 0. The first-order valence-electron chi connectivity index (χ1n) is 0.408. The molecule has 0 spiro atoms. The molecule has 0 aliphatic rings. The third-order valence-corrected chi connectivity index (χ3v) is 0. The van der Waals surface area contributed by atoms with Crippen molar-refractivity contribution in [2.24, 2.45) is 0 Å². The molecule has 0 unspecified atom stereocenters. The zero-order valence-corrected chi connectivity index (χ0v) is 3.92. The van der Waals surface area contributed by atoms with Crippen LogP contribution in [0, 0.1) is 6.58 Å². The Morgan fingerprint density at radius 2 is 1.25 bits per heavy atom. The molecule has 0 radical (unpaired) electrons. The topological polar surface area (TPSA) is 33.5 Å². The van der Waals surface area contributed by atoms with Gasteiger partial charge in [-0.15, -0.1) is 0 Å². The third kappa shape index (κ3) is 28.1. The van der Waals surface area contributed by atoms with Gasteiger partial charge in [-0.05, 0) is 0 Å². The SMILES string of the molecule is [CH-]=C.[NH2-].[Ti+2]. The summed E-state index contributed by atoms with van der Waals surface area (Å²) in [5.41, 5.74) is 0. The molecule has 0 fully saturated rings. The Labute approximate surface area is 41.6 Å². The van der Waals surface area contributed by atoms with Crippen molar-refractivity contribution in [1.82, 2.24) is 0 Å². The Morgan fingerprint density at radius 1 is 1.25 bits per heavy atom. The molecule has 0 aromatic carbocycles. The zero-order valence-electron chi connectivity index (χ0n) is 2.36. The van der Waals surface area contributed by atoms with Gasteiger partial charge in [0, 0.05) is 0 Å². The maximum Gasteiger partial charge on any atom is 2.00 e.